The van der Waals surface area contributed by atoms with Crippen molar-refractivity contribution in [2.45, 2.75) is 44.3 Å². The predicted molar refractivity (Wildman–Crippen MR) is 134 cm³/mol. The molecular formula is C30H32N2O. The van der Waals surface area contributed by atoms with Crippen LogP contribution in [0, 0.1) is 0 Å². The molecule has 3 nitrogen and oxygen atoms in total. The number of carbonyl (C=O) groups excluding carboxylic acids is 1. The molecule has 5 rings (SSSR count). The van der Waals surface area contributed by atoms with Gasteiger partial charge in [0, 0.05) is 31.1 Å². The molecule has 2 aliphatic rings. The smallest absolute Gasteiger partial charge is 0.255 e. The number of carbonyl (C=O) groups is 1. The van der Waals surface area contributed by atoms with E-state index in [1.807, 2.05) is 18.2 Å². The molecular weight excluding hydrogens is 404 g/mol. The van der Waals surface area contributed by atoms with Crippen LogP contribution in [0.5, 0.6) is 0 Å². The zero-order chi connectivity index (χ0) is 22.5. The molecule has 0 radical (unpaired) electrons. The third-order valence-corrected chi connectivity index (χ3v) is 7.07. The maximum Gasteiger partial charge on any atom is 0.255 e. The zero-order valence-electron chi connectivity index (χ0n) is 19.1. The molecule has 3 aromatic carbocycles. The van der Waals surface area contributed by atoms with E-state index in [0.29, 0.717) is 5.92 Å². The molecule has 0 spiro atoms. The fraction of sp³-hybridized carbons (Fsp3) is 0.300. The molecule has 168 valence electrons. The number of fused-ring (bicyclic) bond motifs is 1. The van der Waals surface area contributed by atoms with Crippen LogP contribution in [0.2, 0.25) is 0 Å². The average molecular weight is 437 g/mol. The number of allylic oxidation sites excluding steroid dienone is 1. The second-order valence-corrected chi connectivity index (χ2v) is 9.14. The van der Waals surface area contributed by atoms with E-state index < -0.39 is 0 Å². The van der Waals surface area contributed by atoms with E-state index in [4.69, 9.17) is 0 Å². The number of nitrogens with zero attached hydrogens (tertiary/aromatic N) is 2. The first-order valence-corrected chi connectivity index (χ1v) is 12.2. The van der Waals surface area contributed by atoms with Crippen molar-refractivity contribution in [1.29, 1.82) is 0 Å². The summed E-state index contributed by atoms with van der Waals surface area (Å²) in [6.45, 7) is 2.68. The summed E-state index contributed by atoms with van der Waals surface area (Å²) in [5.74, 6) is 0.551. The molecule has 3 heteroatoms. The molecule has 1 saturated heterocycles. The fourth-order valence-corrected chi connectivity index (χ4v) is 5.33. The van der Waals surface area contributed by atoms with Gasteiger partial charge in [-0.2, -0.15) is 0 Å². The first-order valence-electron chi connectivity index (χ1n) is 12.2. The van der Waals surface area contributed by atoms with Gasteiger partial charge < -0.3 is 4.90 Å². The summed E-state index contributed by atoms with van der Waals surface area (Å²) in [5.41, 5.74) is 4.75. The molecule has 1 fully saturated rings. The van der Waals surface area contributed by atoms with Crippen LogP contribution >= 0.6 is 0 Å². The van der Waals surface area contributed by atoms with Gasteiger partial charge in [-0.15, -0.1) is 0 Å². The molecule has 1 unspecified atom stereocenters. The second kappa shape index (κ2) is 10.2. The Hall–Kier alpha value is -3.17. The third kappa shape index (κ3) is 4.79. The van der Waals surface area contributed by atoms with Gasteiger partial charge >= 0.3 is 0 Å². The normalized spacial score (nSPS) is 18.9. The molecule has 0 bridgehead atoms. The van der Waals surface area contributed by atoms with Gasteiger partial charge in [0.05, 0.1) is 6.17 Å². The van der Waals surface area contributed by atoms with E-state index in [1.54, 1.807) is 0 Å². The highest BCUT2D eigenvalue weighted by Gasteiger charge is 2.36. The van der Waals surface area contributed by atoms with Crippen LogP contribution in [0.3, 0.4) is 0 Å². The molecule has 0 aromatic heterocycles. The lowest BCUT2D eigenvalue weighted by molar-refractivity contribution is 0.0204. The first kappa shape index (κ1) is 21.7. The Balaban J connectivity index is 1.26. The van der Waals surface area contributed by atoms with Crippen LogP contribution in [0.4, 0.5) is 0 Å². The minimum Gasteiger partial charge on any atom is -0.319 e. The van der Waals surface area contributed by atoms with E-state index >= 15 is 0 Å². The van der Waals surface area contributed by atoms with Crippen molar-refractivity contribution >= 4 is 5.91 Å². The van der Waals surface area contributed by atoms with Gasteiger partial charge in [0.1, 0.15) is 0 Å². The molecule has 2 aliphatic heterocycles. The van der Waals surface area contributed by atoms with Crippen molar-refractivity contribution < 1.29 is 4.79 Å². The van der Waals surface area contributed by atoms with Gasteiger partial charge in [0.15, 0.2) is 0 Å². The SMILES string of the molecule is O=C1c2ccccc2CN1C1CCCCN1CC=CCC(c1ccccc1)c1ccccc1. The van der Waals surface area contributed by atoms with Crippen LogP contribution in [-0.2, 0) is 6.54 Å². The van der Waals surface area contributed by atoms with Crippen molar-refractivity contribution in [2.75, 3.05) is 13.1 Å². The quantitative estimate of drug-likeness (QED) is 0.410. The molecule has 0 N–H and O–H groups in total. The monoisotopic (exact) mass is 436 g/mol. The van der Waals surface area contributed by atoms with Crippen LogP contribution in [0.15, 0.2) is 97.1 Å². The van der Waals surface area contributed by atoms with Crippen LogP contribution in [0.1, 0.15) is 58.6 Å². The highest BCUT2D eigenvalue weighted by atomic mass is 16.2. The van der Waals surface area contributed by atoms with E-state index in [2.05, 4.69) is 88.7 Å². The number of rotatable bonds is 7. The molecule has 0 aliphatic carbocycles. The number of benzene rings is 3. The number of piperidine rings is 1. The van der Waals surface area contributed by atoms with Gasteiger partial charge in [0.25, 0.3) is 5.91 Å². The van der Waals surface area contributed by atoms with E-state index in [-0.39, 0.29) is 12.1 Å². The number of amides is 1. The summed E-state index contributed by atoms with van der Waals surface area (Å²) in [4.78, 5) is 17.6. The minimum absolute atomic E-state index is 0.194. The van der Waals surface area contributed by atoms with Gasteiger partial charge in [-0.05, 0) is 48.4 Å². The van der Waals surface area contributed by atoms with Crippen molar-refractivity contribution in [3.63, 3.8) is 0 Å². The third-order valence-electron chi connectivity index (χ3n) is 7.07. The summed E-state index contributed by atoms with van der Waals surface area (Å²) in [6, 6.07) is 29.6. The molecule has 0 saturated carbocycles. The predicted octanol–water partition coefficient (Wildman–Crippen LogP) is 6.23. The molecule has 33 heavy (non-hydrogen) atoms. The van der Waals surface area contributed by atoms with Gasteiger partial charge in [0.2, 0.25) is 0 Å². The Morgan fingerprint density at radius 1 is 0.818 bits per heavy atom. The Morgan fingerprint density at radius 3 is 2.18 bits per heavy atom. The first-order chi connectivity index (χ1) is 16.3. The van der Waals surface area contributed by atoms with E-state index in [9.17, 15) is 4.79 Å². The summed E-state index contributed by atoms with van der Waals surface area (Å²) < 4.78 is 0. The summed E-state index contributed by atoms with van der Waals surface area (Å²) in [7, 11) is 0. The topological polar surface area (TPSA) is 23.6 Å². The Morgan fingerprint density at radius 2 is 1.48 bits per heavy atom. The standard InChI is InChI=1S/C30H32N2O/c33-30-28-19-8-7-17-26(28)23-32(30)29-20-10-12-22-31(29)21-11-9-18-27(24-13-3-1-4-14-24)25-15-5-2-6-16-25/h1-9,11,13-17,19,27,29H,10,12,18,20-23H2. The lowest BCUT2D eigenvalue weighted by Crippen LogP contribution is -2.51. The summed E-state index contributed by atoms with van der Waals surface area (Å²) in [5, 5.41) is 0. The minimum atomic E-state index is 0.194. The molecule has 1 atom stereocenters. The largest absolute Gasteiger partial charge is 0.319 e. The van der Waals surface area contributed by atoms with Crippen molar-refractivity contribution in [3.8, 4) is 0 Å². The maximum absolute atomic E-state index is 13.1. The Kier molecular flexibility index (Phi) is 6.68. The van der Waals surface area contributed by atoms with E-state index in [0.717, 1.165) is 43.6 Å². The van der Waals surface area contributed by atoms with Crippen molar-refractivity contribution in [3.05, 3.63) is 119 Å². The average Bonchev–Trinajstić information content (AvgIpc) is 3.22. The highest BCUT2D eigenvalue weighted by molar-refractivity contribution is 5.98. The summed E-state index contributed by atoms with van der Waals surface area (Å²) >= 11 is 0. The zero-order valence-corrected chi connectivity index (χ0v) is 19.1. The van der Waals surface area contributed by atoms with Crippen LogP contribution < -0.4 is 0 Å². The highest BCUT2D eigenvalue weighted by Crippen LogP contribution is 2.31. The Labute approximate surface area is 197 Å². The van der Waals surface area contributed by atoms with Gasteiger partial charge in [-0.25, -0.2) is 0 Å². The van der Waals surface area contributed by atoms with Gasteiger partial charge in [-0.1, -0.05) is 91.0 Å². The molecule has 3 aromatic rings. The van der Waals surface area contributed by atoms with Crippen molar-refractivity contribution in [2.24, 2.45) is 0 Å². The van der Waals surface area contributed by atoms with E-state index in [1.165, 1.54) is 24.0 Å². The van der Waals surface area contributed by atoms with Crippen LogP contribution in [0.25, 0.3) is 0 Å². The van der Waals surface area contributed by atoms with Crippen molar-refractivity contribution in [1.82, 2.24) is 9.80 Å². The van der Waals surface area contributed by atoms with Gasteiger partial charge in [-0.3, -0.25) is 9.69 Å². The second-order valence-electron chi connectivity index (χ2n) is 9.14. The summed E-state index contributed by atoms with van der Waals surface area (Å²) in [6.07, 6.45) is 9.26. The Bertz CT molecular complexity index is 1050. The van der Waals surface area contributed by atoms with Crippen LogP contribution in [-0.4, -0.2) is 35.0 Å². The number of hydrogen-bond donors (Lipinski definition) is 0. The number of hydrogen-bond acceptors (Lipinski definition) is 2. The number of likely N-dealkylation sites (tertiary alicyclic amines) is 1. The lowest BCUT2D eigenvalue weighted by atomic mass is 9.88. The molecule has 1 amide bonds. The maximum atomic E-state index is 13.1. The fourth-order valence-electron chi connectivity index (χ4n) is 5.33. The molecule has 2 heterocycles. The lowest BCUT2D eigenvalue weighted by Gasteiger charge is -2.40.